The Morgan fingerprint density at radius 2 is 1.53 bits per heavy atom. The van der Waals surface area contributed by atoms with E-state index in [9.17, 15) is 13.2 Å². The summed E-state index contributed by atoms with van der Waals surface area (Å²) in [7, 11) is 0. The van der Waals surface area contributed by atoms with E-state index in [-0.39, 0.29) is 6.42 Å². The lowest BCUT2D eigenvalue weighted by atomic mass is 10.0. The van der Waals surface area contributed by atoms with Gasteiger partial charge in [-0.05, 0) is 6.42 Å². The molecule has 0 saturated carbocycles. The molecule has 0 amide bonds. The zero-order valence-corrected chi connectivity index (χ0v) is 8.15. The Balaban J connectivity index is 4.25. The summed E-state index contributed by atoms with van der Waals surface area (Å²) < 4.78 is 35.7. The molecule has 4 N–H and O–H groups in total. The number of rotatable bonds is 5. The molecule has 0 rings (SSSR count). The van der Waals surface area contributed by atoms with Gasteiger partial charge in [-0.25, -0.2) is 0 Å². The Morgan fingerprint density at radius 3 is 1.87 bits per heavy atom. The summed E-state index contributed by atoms with van der Waals surface area (Å²) in [6.45, 7) is 1.57. The topological polar surface area (TPSA) is 80.9 Å². The Morgan fingerprint density at radius 1 is 1.07 bits per heavy atom. The molecule has 4 nitrogen and oxygen atoms in total. The van der Waals surface area contributed by atoms with Gasteiger partial charge in [-0.15, -0.1) is 0 Å². The highest BCUT2D eigenvalue weighted by Gasteiger charge is 2.45. The molecule has 0 aliphatic rings. The van der Waals surface area contributed by atoms with E-state index in [1.807, 2.05) is 0 Å². The van der Waals surface area contributed by atoms with Crippen molar-refractivity contribution in [2.24, 2.45) is 0 Å². The fraction of sp³-hybridized carbons (Fsp3) is 1.00. The quantitative estimate of drug-likeness (QED) is 0.529. The largest absolute Gasteiger partial charge is 0.417 e. The van der Waals surface area contributed by atoms with E-state index in [4.69, 9.17) is 20.4 Å². The minimum atomic E-state index is -4.99. The summed E-state index contributed by atoms with van der Waals surface area (Å²) in [4.78, 5) is 0. The van der Waals surface area contributed by atoms with Crippen molar-refractivity contribution >= 4 is 0 Å². The van der Waals surface area contributed by atoms with Crippen LogP contribution in [-0.2, 0) is 0 Å². The van der Waals surface area contributed by atoms with Crippen molar-refractivity contribution in [2.75, 3.05) is 0 Å². The third kappa shape index (κ3) is 4.78. The van der Waals surface area contributed by atoms with Crippen LogP contribution in [0.1, 0.15) is 19.8 Å². The molecular formula is C8H15F3O4. The van der Waals surface area contributed by atoms with Crippen molar-refractivity contribution in [1.82, 2.24) is 0 Å². The molecule has 0 bridgehead atoms. The van der Waals surface area contributed by atoms with Crippen LogP contribution in [-0.4, -0.2) is 51.0 Å². The lowest BCUT2D eigenvalue weighted by molar-refractivity contribution is -0.242. The third-order valence-corrected chi connectivity index (χ3v) is 2.04. The zero-order chi connectivity index (χ0) is 12.2. The SMILES string of the molecule is CCC(O)CC(O)C(O)C(O)C(F)(F)F. The molecular weight excluding hydrogens is 217 g/mol. The number of halogens is 3. The van der Waals surface area contributed by atoms with E-state index in [1.165, 1.54) is 0 Å². The molecule has 0 spiro atoms. The summed E-state index contributed by atoms with van der Waals surface area (Å²) >= 11 is 0. The Bertz CT molecular complexity index is 185. The molecule has 0 aliphatic carbocycles. The monoisotopic (exact) mass is 232 g/mol. The first-order valence-electron chi connectivity index (χ1n) is 4.49. The summed E-state index contributed by atoms with van der Waals surface area (Å²) in [5.74, 6) is 0. The minimum Gasteiger partial charge on any atom is -0.393 e. The summed E-state index contributed by atoms with van der Waals surface area (Å²) in [5.41, 5.74) is 0. The van der Waals surface area contributed by atoms with Crippen LogP contribution in [0, 0.1) is 0 Å². The van der Waals surface area contributed by atoms with Gasteiger partial charge in [0.25, 0.3) is 0 Å². The van der Waals surface area contributed by atoms with Gasteiger partial charge in [0.15, 0.2) is 6.10 Å². The van der Waals surface area contributed by atoms with Gasteiger partial charge in [-0.1, -0.05) is 6.92 Å². The van der Waals surface area contributed by atoms with Crippen molar-refractivity contribution < 1.29 is 33.6 Å². The van der Waals surface area contributed by atoms with Gasteiger partial charge < -0.3 is 20.4 Å². The van der Waals surface area contributed by atoms with E-state index < -0.39 is 37.0 Å². The molecule has 0 aromatic rings. The lowest BCUT2D eigenvalue weighted by Crippen LogP contribution is -2.47. The summed E-state index contributed by atoms with van der Waals surface area (Å²) in [5, 5.41) is 35.6. The second-order valence-electron chi connectivity index (χ2n) is 3.34. The van der Waals surface area contributed by atoms with Crippen LogP contribution in [0.5, 0.6) is 0 Å². The number of aliphatic hydroxyl groups is 4. The van der Waals surface area contributed by atoms with E-state index in [2.05, 4.69) is 0 Å². The molecule has 0 aromatic carbocycles. The lowest BCUT2D eigenvalue weighted by Gasteiger charge is -2.25. The van der Waals surface area contributed by atoms with Gasteiger partial charge >= 0.3 is 6.18 Å². The third-order valence-electron chi connectivity index (χ3n) is 2.04. The van der Waals surface area contributed by atoms with Gasteiger partial charge in [-0.3, -0.25) is 0 Å². The first-order chi connectivity index (χ1) is 6.70. The number of hydrogen-bond acceptors (Lipinski definition) is 4. The number of hydrogen-bond donors (Lipinski definition) is 4. The molecule has 4 unspecified atom stereocenters. The highest BCUT2D eigenvalue weighted by atomic mass is 19.4. The molecule has 0 aromatic heterocycles. The minimum absolute atomic E-state index is 0.242. The molecule has 0 saturated heterocycles. The fourth-order valence-electron chi connectivity index (χ4n) is 0.989. The van der Waals surface area contributed by atoms with Crippen LogP contribution in [0.2, 0.25) is 0 Å². The average molecular weight is 232 g/mol. The van der Waals surface area contributed by atoms with Crippen LogP contribution in [0.3, 0.4) is 0 Å². The first kappa shape index (κ1) is 14.6. The van der Waals surface area contributed by atoms with E-state index in [0.29, 0.717) is 0 Å². The van der Waals surface area contributed by atoms with Gasteiger partial charge in [0.1, 0.15) is 6.10 Å². The normalized spacial score (nSPS) is 20.8. The molecule has 15 heavy (non-hydrogen) atoms. The summed E-state index contributed by atoms with van der Waals surface area (Å²) in [6, 6.07) is 0. The van der Waals surface area contributed by atoms with Crippen LogP contribution >= 0.6 is 0 Å². The average Bonchev–Trinajstić information content (AvgIpc) is 2.13. The van der Waals surface area contributed by atoms with Gasteiger partial charge in [0, 0.05) is 6.42 Å². The fourth-order valence-corrected chi connectivity index (χ4v) is 0.989. The Labute approximate surface area is 85.0 Å². The molecule has 4 atom stereocenters. The summed E-state index contributed by atoms with van der Waals surface area (Å²) in [6.07, 6.45) is -13.3. The highest BCUT2D eigenvalue weighted by molar-refractivity contribution is 4.81. The second kappa shape index (κ2) is 5.64. The first-order valence-corrected chi connectivity index (χ1v) is 4.49. The number of alkyl halides is 3. The van der Waals surface area contributed by atoms with Crippen LogP contribution in [0.15, 0.2) is 0 Å². The van der Waals surface area contributed by atoms with Gasteiger partial charge in [0.2, 0.25) is 0 Å². The van der Waals surface area contributed by atoms with Gasteiger partial charge in [0.05, 0.1) is 12.2 Å². The standard InChI is InChI=1S/C8H15F3O4/c1-2-4(12)3-5(13)6(14)7(15)8(9,10)11/h4-7,12-15H,2-3H2,1H3. The maximum absolute atomic E-state index is 11.9. The predicted octanol–water partition coefficient (Wildman–Crippen LogP) is -0.208. The van der Waals surface area contributed by atoms with Crippen molar-refractivity contribution in [3.63, 3.8) is 0 Å². The Kier molecular flexibility index (Phi) is 5.50. The van der Waals surface area contributed by atoms with E-state index >= 15 is 0 Å². The zero-order valence-electron chi connectivity index (χ0n) is 8.15. The predicted molar refractivity (Wildman–Crippen MR) is 45.0 cm³/mol. The molecule has 0 heterocycles. The molecule has 92 valence electrons. The van der Waals surface area contributed by atoms with Crippen molar-refractivity contribution in [2.45, 2.75) is 50.4 Å². The van der Waals surface area contributed by atoms with Crippen LogP contribution in [0.4, 0.5) is 13.2 Å². The molecule has 0 fully saturated rings. The number of aliphatic hydroxyl groups excluding tert-OH is 4. The van der Waals surface area contributed by atoms with Crippen molar-refractivity contribution in [1.29, 1.82) is 0 Å². The van der Waals surface area contributed by atoms with Crippen molar-refractivity contribution in [3.05, 3.63) is 0 Å². The maximum Gasteiger partial charge on any atom is 0.417 e. The van der Waals surface area contributed by atoms with Crippen LogP contribution < -0.4 is 0 Å². The Hall–Kier alpha value is -0.370. The smallest absolute Gasteiger partial charge is 0.393 e. The molecule has 7 heteroatoms. The second-order valence-corrected chi connectivity index (χ2v) is 3.34. The van der Waals surface area contributed by atoms with E-state index in [0.717, 1.165) is 0 Å². The van der Waals surface area contributed by atoms with Crippen LogP contribution in [0.25, 0.3) is 0 Å². The molecule has 0 radical (unpaired) electrons. The highest BCUT2D eigenvalue weighted by Crippen LogP contribution is 2.24. The molecule has 0 aliphatic heterocycles. The van der Waals surface area contributed by atoms with Gasteiger partial charge in [-0.2, -0.15) is 13.2 Å². The maximum atomic E-state index is 11.9. The van der Waals surface area contributed by atoms with Crippen molar-refractivity contribution in [3.8, 4) is 0 Å². The van der Waals surface area contributed by atoms with E-state index in [1.54, 1.807) is 6.92 Å².